The Balaban J connectivity index is 1.42. The van der Waals surface area contributed by atoms with Gasteiger partial charge in [-0.2, -0.15) is 0 Å². The van der Waals surface area contributed by atoms with Crippen molar-refractivity contribution >= 4 is 35.0 Å². The zero-order chi connectivity index (χ0) is 25.8. The molecule has 184 valence electrons. The van der Waals surface area contributed by atoms with Crippen LogP contribution in [0.2, 0.25) is 5.02 Å². The number of nitrogens with one attached hydrogen (secondary N) is 1. The second-order valence-corrected chi connectivity index (χ2v) is 9.10. The molecular formula is C28H22ClN5O3. The SMILES string of the molecule is O=C(Nc1ccccn1)c1ccc(CN2C(=O)c3ccc(Cl)cc3CC(=O)C2Cc2cnccn2)cc1. The van der Waals surface area contributed by atoms with Gasteiger partial charge in [0.05, 0.1) is 11.7 Å². The molecule has 0 aliphatic carbocycles. The summed E-state index contributed by atoms with van der Waals surface area (Å²) in [6.45, 7) is 0.180. The monoisotopic (exact) mass is 511 g/mol. The molecule has 1 aliphatic rings. The summed E-state index contributed by atoms with van der Waals surface area (Å²) < 4.78 is 0. The number of anilines is 1. The lowest BCUT2D eigenvalue weighted by atomic mass is 9.99. The van der Waals surface area contributed by atoms with E-state index in [2.05, 4.69) is 20.3 Å². The van der Waals surface area contributed by atoms with Crippen molar-refractivity contribution in [1.29, 1.82) is 0 Å². The second kappa shape index (κ2) is 10.7. The Kier molecular flexibility index (Phi) is 7.00. The topological polar surface area (TPSA) is 105 Å². The zero-order valence-electron chi connectivity index (χ0n) is 19.7. The maximum atomic E-state index is 13.7. The van der Waals surface area contributed by atoms with Gasteiger partial charge in [0, 0.05) is 60.3 Å². The average molecular weight is 512 g/mol. The Morgan fingerprint density at radius 1 is 1.00 bits per heavy atom. The van der Waals surface area contributed by atoms with Crippen LogP contribution in [-0.4, -0.2) is 43.5 Å². The highest BCUT2D eigenvalue weighted by atomic mass is 35.5. The van der Waals surface area contributed by atoms with Crippen LogP contribution in [0.25, 0.3) is 0 Å². The number of nitrogens with zero attached hydrogens (tertiary/aromatic N) is 4. The molecule has 8 nitrogen and oxygen atoms in total. The smallest absolute Gasteiger partial charge is 0.256 e. The maximum absolute atomic E-state index is 13.7. The minimum Gasteiger partial charge on any atom is -0.324 e. The average Bonchev–Trinajstić information content (AvgIpc) is 3.00. The Morgan fingerprint density at radius 3 is 2.57 bits per heavy atom. The summed E-state index contributed by atoms with van der Waals surface area (Å²) in [5.41, 5.74) is 2.89. The van der Waals surface area contributed by atoms with Crippen LogP contribution in [0.5, 0.6) is 0 Å². The first-order chi connectivity index (χ1) is 18.0. The van der Waals surface area contributed by atoms with E-state index < -0.39 is 6.04 Å². The van der Waals surface area contributed by atoms with Gasteiger partial charge in [0.15, 0.2) is 5.78 Å². The lowest BCUT2D eigenvalue weighted by molar-refractivity contribution is -0.122. The lowest BCUT2D eigenvalue weighted by Gasteiger charge is -2.29. The highest BCUT2D eigenvalue weighted by Gasteiger charge is 2.35. The summed E-state index contributed by atoms with van der Waals surface area (Å²) in [5, 5.41) is 3.22. The van der Waals surface area contributed by atoms with Crippen LogP contribution in [0, 0.1) is 0 Å². The third-order valence-electron chi connectivity index (χ3n) is 6.17. The van der Waals surface area contributed by atoms with Crippen molar-refractivity contribution in [3.63, 3.8) is 0 Å². The highest BCUT2D eigenvalue weighted by molar-refractivity contribution is 6.30. The number of carbonyl (C=O) groups is 3. The van der Waals surface area contributed by atoms with Gasteiger partial charge >= 0.3 is 0 Å². The number of ketones is 1. The van der Waals surface area contributed by atoms with E-state index in [4.69, 9.17) is 11.6 Å². The summed E-state index contributed by atoms with van der Waals surface area (Å²) in [6.07, 6.45) is 6.65. The summed E-state index contributed by atoms with van der Waals surface area (Å²) >= 11 is 6.16. The van der Waals surface area contributed by atoms with Gasteiger partial charge in [-0.3, -0.25) is 24.4 Å². The molecule has 3 heterocycles. The fraction of sp³-hybridized carbons (Fsp3) is 0.143. The summed E-state index contributed by atoms with van der Waals surface area (Å²) in [5.74, 6) is -0.205. The Hall–Kier alpha value is -4.43. The first-order valence-electron chi connectivity index (χ1n) is 11.7. The molecule has 0 fully saturated rings. The van der Waals surface area contributed by atoms with Crippen LogP contribution in [0.4, 0.5) is 5.82 Å². The molecule has 0 spiro atoms. The van der Waals surface area contributed by atoms with E-state index >= 15 is 0 Å². The number of fused-ring (bicyclic) bond motifs is 1. The van der Waals surface area contributed by atoms with E-state index in [-0.39, 0.29) is 37.0 Å². The van der Waals surface area contributed by atoms with E-state index in [1.807, 2.05) is 0 Å². The van der Waals surface area contributed by atoms with Crippen LogP contribution in [0.3, 0.4) is 0 Å². The lowest BCUT2D eigenvalue weighted by Crippen LogP contribution is -2.45. The third kappa shape index (κ3) is 5.54. The van der Waals surface area contributed by atoms with E-state index in [0.717, 1.165) is 5.56 Å². The summed E-state index contributed by atoms with van der Waals surface area (Å²) in [7, 11) is 0. The van der Waals surface area contributed by atoms with Crippen LogP contribution in [0.15, 0.2) is 85.5 Å². The molecule has 0 saturated heterocycles. The predicted molar refractivity (Wildman–Crippen MR) is 138 cm³/mol. The number of aromatic nitrogens is 3. The molecule has 4 aromatic rings. The number of carbonyl (C=O) groups excluding carboxylic acids is 3. The van der Waals surface area contributed by atoms with Gasteiger partial charge in [-0.05, 0) is 53.6 Å². The standard InChI is InChI=1S/C28H22ClN5O3/c29-21-8-9-23-20(13-21)14-25(35)24(15-22-16-30-11-12-31-22)34(28(23)37)17-18-4-6-19(7-5-18)27(36)33-26-3-1-2-10-32-26/h1-13,16,24H,14-15,17H2,(H,32,33,36). The fourth-order valence-corrected chi connectivity index (χ4v) is 4.51. The van der Waals surface area contributed by atoms with Gasteiger partial charge in [0.2, 0.25) is 0 Å². The number of benzene rings is 2. The Bertz CT molecular complexity index is 1450. The number of halogens is 1. The fourth-order valence-electron chi connectivity index (χ4n) is 4.32. The summed E-state index contributed by atoms with van der Waals surface area (Å²) in [6, 6.07) is 16.4. The van der Waals surface area contributed by atoms with Crippen LogP contribution < -0.4 is 5.32 Å². The Labute approximate surface area is 218 Å². The normalized spacial score (nSPS) is 15.2. The summed E-state index contributed by atoms with van der Waals surface area (Å²) in [4.78, 5) is 53.8. The van der Waals surface area contributed by atoms with Crippen LogP contribution >= 0.6 is 11.6 Å². The van der Waals surface area contributed by atoms with Crippen molar-refractivity contribution in [2.24, 2.45) is 0 Å². The Morgan fingerprint density at radius 2 is 1.84 bits per heavy atom. The minimum atomic E-state index is -0.734. The van der Waals surface area contributed by atoms with Crippen LogP contribution in [0.1, 0.15) is 37.5 Å². The molecule has 1 aliphatic heterocycles. The first kappa shape index (κ1) is 24.3. The molecule has 2 amide bonds. The largest absolute Gasteiger partial charge is 0.324 e. The number of rotatable bonds is 6. The molecule has 37 heavy (non-hydrogen) atoms. The molecule has 2 aromatic heterocycles. The van der Waals surface area contributed by atoms with Gasteiger partial charge in [-0.15, -0.1) is 0 Å². The van der Waals surface area contributed by atoms with Gasteiger partial charge in [0.1, 0.15) is 5.82 Å². The zero-order valence-corrected chi connectivity index (χ0v) is 20.4. The third-order valence-corrected chi connectivity index (χ3v) is 6.40. The van der Waals surface area contributed by atoms with Gasteiger partial charge < -0.3 is 10.2 Å². The molecule has 0 saturated carbocycles. The number of hydrogen-bond donors (Lipinski definition) is 1. The van der Waals surface area contributed by atoms with Crippen molar-refractivity contribution in [3.8, 4) is 0 Å². The van der Waals surface area contributed by atoms with Gasteiger partial charge in [-0.25, -0.2) is 4.98 Å². The molecule has 9 heteroatoms. The maximum Gasteiger partial charge on any atom is 0.256 e. The van der Waals surface area contributed by atoms with Crippen molar-refractivity contribution in [3.05, 3.63) is 118 Å². The minimum absolute atomic E-state index is 0.0929. The van der Waals surface area contributed by atoms with Crippen LogP contribution in [-0.2, 0) is 24.2 Å². The van der Waals surface area contributed by atoms with Gasteiger partial charge in [-0.1, -0.05) is 29.8 Å². The van der Waals surface area contributed by atoms with Crippen molar-refractivity contribution < 1.29 is 14.4 Å². The van der Waals surface area contributed by atoms with E-state index in [1.54, 1.807) is 90.4 Å². The molecule has 2 aromatic carbocycles. The van der Waals surface area contributed by atoms with Crippen molar-refractivity contribution in [2.45, 2.75) is 25.4 Å². The predicted octanol–water partition coefficient (Wildman–Crippen LogP) is 4.16. The van der Waals surface area contributed by atoms with Gasteiger partial charge in [0.25, 0.3) is 11.8 Å². The number of pyridine rings is 1. The van der Waals surface area contributed by atoms with E-state index in [0.29, 0.717) is 33.2 Å². The molecule has 1 unspecified atom stereocenters. The molecule has 5 rings (SSSR count). The van der Waals surface area contributed by atoms with Crippen molar-refractivity contribution in [2.75, 3.05) is 5.32 Å². The second-order valence-electron chi connectivity index (χ2n) is 8.66. The van der Waals surface area contributed by atoms with E-state index in [9.17, 15) is 14.4 Å². The van der Waals surface area contributed by atoms with Crippen molar-refractivity contribution in [1.82, 2.24) is 19.9 Å². The quantitative estimate of drug-likeness (QED) is 0.417. The number of hydrogen-bond acceptors (Lipinski definition) is 6. The number of Topliss-reactive ketones (excluding diaryl/α,β-unsaturated/α-hetero) is 1. The molecule has 0 radical (unpaired) electrons. The molecule has 1 N–H and O–H groups in total. The molecule has 1 atom stereocenters. The molecule has 0 bridgehead atoms. The first-order valence-corrected chi connectivity index (χ1v) is 12.0. The van der Waals surface area contributed by atoms with E-state index in [1.165, 1.54) is 0 Å². The number of amides is 2. The molecular weight excluding hydrogens is 490 g/mol. The highest BCUT2D eigenvalue weighted by Crippen LogP contribution is 2.27.